The third-order valence-electron chi connectivity index (χ3n) is 6.68. The number of halogens is 4. The summed E-state index contributed by atoms with van der Waals surface area (Å²) >= 11 is 0. The van der Waals surface area contributed by atoms with E-state index in [1.54, 1.807) is 42.5 Å². The van der Waals surface area contributed by atoms with Gasteiger partial charge in [0.25, 0.3) is 0 Å². The molecule has 5 nitrogen and oxygen atoms in total. The number of hydrogen-bond acceptors (Lipinski definition) is 4. The fourth-order valence-corrected chi connectivity index (χ4v) is 4.70. The Hall–Kier alpha value is -3.88. The van der Waals surface area contributed by atoms with Crippen LogP contribution >= 0.6 is 0 Å². The molecule has 9 heteroatoms. The van der Waals surface area contributed by atoms with Gasteiger partial charge in [-0.25, -0.2) is 4.39 Å². The summed E-state index contributed by atoms with van der Waals surface area (Å²) in [5.74, 6) is -5.43. The second-order valence-electron chi connectivity index (χ2n) is 9.33. The molecule has 1 saturated carbocycles. The zero-order valence-corrected chi connectivity index (χ0v) is 20.5. The molecule has 3 aromatic rings. The highest BCUT2D eigenvalue weighted by Crippen LogP contribution is 2.35. The molecule has 0 bridgehead atoms. The first-order valence-corrected chi connectivity index (χ1v) is 12.3. The van der Waals surface area contributed by atoms with E-state index >= 15 is 4.39 Å². The van der Waals surface area contributed by atoms with Gasteiger partial charge in [-0.05, 0) is 41.5 Å². The lowest BCUT2D eigenvalue weighted by Crippen LogP contribution is -2.41. The van der Waals surface area contributed by atoms with Gasteiger partial charge in [0.2, 0.25) is 0 Å². The molecule has 4 rings (SSSR count). The lowest BCUT2D eigenvalue weighted by atomic mass is 9.84. The van der Waals surface area contributed by atoms with Crippen LogP contribution in [0.15, 0.2) is 66.7 Å². The van der Waals surface area contributed by atoms with Crippen LogP contribution < -0.4 is 14.7 Å². The number of aromatic carboxylic acids is 1. The predicted molar refractivity (Wildman–Crippen MR) is 131 cm³/mol. The third-order valence-corrected chi connectivity index (χ3v) is 6.68. The number of benzene rings is 3. The number of amides is 1. The maximum atomic E-state index is 15.1. The van der Waals surface area contributed by atoms with Crippen LogP contribution in [0.3, 0.4) is 0 Å². The molecule has 0 saturated heterocycles. The Kier molecular flexibility index (Phi) is 8.34. The Bertz CT molecular complexity index is 1270. The maximum Gasteiger partial charge on any atom is 0.471 e. The number of carbonyl (C=O) groups is 2. The lowest BCUT2D eigenvalue weighted by Gasteiger charge is -2.26. The molecule has 1 aliphatic carbocycles. The SMILES string of the molecule is O=C([O-])c1cc(F)c(N(Cc2ccc(C3CCCCC3)cc2)C(=O)C(F)(F)F)cc1OCc1ccccc1. The van der Waals surface area contributed by atoms with Crippen molar-refractivity contribution in [2.75, 3.05) is 4.90 Å². The van der Waals surface area contributed by atoms with E-state index < -0.39 is 47.4 Å². The van der Waals surface area contributed by atoms with Gasteiger partial charge in [-0.15, -0.1) is 0 Å². The number of ether oxygens (including phenoxy) is 1. The summed E-state index contributed by atoms with van der Waals surface area (Å²) in [5, 5.41) is 11.6. The fraction of sp³-hybridized carbons (Fsp3) is 0.310. The van der Waals surface area contributed by atoms with Crippen LogP contribution in [0.1, 0.15) is 65.1 Å². The van der Waals surface area contributed by atoms with E-state index in [1.165, 1.54) is 6.42 Å². The first kappa shape index (κ1) is 27.2. The summed E-state index contributed by atoms with van der Waals surface area (Å²) in [4.78, 5) is 24.3. The number of carbonyl (C=O) groups excluding carboxylic acids is 2. The zero-order valence-electron chi connectivity index (χ0n) is 20.5. The monoisotopic (exact) mass is 528 g/mol. The minimum absolute atomic E-state index is 0.137. The number of carboxylic acids is 1. The van der Waals surface area contributed by atoms with Crippen LogP contribution in [0.5, 0.6) is 5.75 Å². The summed E-state index contributed by atoms with van der Waals surface area (Å²) in [7, 11) is 0. The Morgan fingerprint density at radius 2 is 1.58 bits per heavy atom. The van der Waals surface area contributed by atoms with Gasteiger partial charge in [-0.2, -0.15) is 13.2 Å². The van der Waals surface area contributed by atoms with Gasteiger partial charge in [-0.3, -0.25) is 9.69 Å². The summed E-state index contributed by atoms with van der Waals surface area (Å²) in [6, 6.07) is 16.8. The molecule has 38 heavy (non-hydrogen) atoms. The average molecular weight is 529 g/mol. The van der Waals surface area contributed by atoms with E-state index in [2.05, 4.69) is 0 Å². The molecule has 3 aromatic carbocycles. The van der Waals surface area contributed by atoms with E-state index in [1.807, 2.05) is 12.1 Å². The van der Waals surface area contributed by atoms with E-state index in [9.17, 15) is 27.9 Å². The second-order valence-corrected chi connectivity index (χ2v) is 9.33. The molecule has 0 spiro atoms. The Balaban J connectivity index is 1.66. The molecule has 0 atom stereocenters. The normalized spacial score (nSPS) is 14.2. The first-order chi connectivity index (χ1) is 18.1. The molecule has 1 aliphatic rings. The highest BCUT2D eigenvalue weighted by atomic mass is 19.4. The highest BCUT2D eigenvalue weighted by Gasteiger charge is 2.44. The molecule has 0 radical (unpaired) electrons. The highest BCUT2D eigenvalue weighted by molar-refractivity contribution is 5.98. The Morgan fingerprint density at radius 1 is 0.921 bits per heavy atom. The number of alkyl halides is 3. The molecule has 0 aromatic heterocycles. The van der Waals surface area contributed by atoms with Crippen molar-refractivity contribution in [3.05, 3.63) is 94.8 Å². The van der Waals surface area contributed by atoms with Gasteiger partial charge in [0, 0.05) is 11.6 Å². The van der Waals surface area contributed by atoms with Crippen LogP contribution in [0.4, 0.5) is 23.2 Å². The molecular formula is C29H26F4NO4-. The van der Waals surface area contributed by atoms with E-state index in [0.29, 0.717) is 23.1 Å². The van der Waals surface area contributed by atoms with Crippen molar-refractivity contribution in [2.45, 2.75) is 57.3 Å². The molecule has 1 amide bonds. The van der Waals surface area contributed by atoms with Gasteiger partial charge in [0.15, 0.2) is 0 Å². The fourth-order valence-electron chi connectivity index (χ4n) is 4.70. The smallest absolute Gasteiger partial charge is 0.471 e. The van der Waals surface area contributed by atoms with Crippen molar-refractivity contribution in [1.82, 2.24) is 0 Å². The quantitative estimate of drug-likeness (QED) is 0.341. The van der Waals surface area contributed by atoms with Crippen molar-refractivity contribution in [3.63, 3.8) is 0 Å². The van der Waals surface area contributed by atoms with E-state index in [4.69, 9.17) is 4.74 Å². The maximum absolute atomic E-state index is 15.1. The van der Waals surface area contributed by atoms with Crippen LogP contribution in [0, 0.1) is 5.82 Å². The van der Waals surface area contributed by atoms with Crippen molar-refractivity contribution >= 4 is 17.6 Å². The number of carboxylic acid groups (broad SMARTS) is 1. The minimum Gasteiger partial charge on any atom is -0.545 e. The topological polar surface area (TPSA) is 69.7 Å². The van der Waals surface area contributed by atoms with Gasteiger partial charge in [-0.1, -0.05) is 73.9 Å². The minimum atomic E-state index is -5.30. The second kappa shape index (κ2) is 11.7. The Labute approximate surface area is 217 Å². The van der Waals surface area contributed by atoms with Crippen molar-refractivity contribution < 1.29 is 37.0 Å². The molecular weight excluding hydrogens is 502 g/mol. The van der Waals surface area contributed by atoms with Crippen molar-refractivity contribution in [1.29, 1.82) is 0 Å². The number of hydrogen-bond donors (Lipinski definition) is 0. The average Bonchev–Trinajstić information content (AvgIpc) is 2.91. The van der Waals surface area contributed by atoms with Crippen molar-refractivity contribution in [3.8, 4) is 5.75 Å². The van der Waals surface area contributed by atoms with Crippen LogP contribution in [0.2, 0.25) is 0 Å². The molecule has 0 heterocycles. The van der Waals surface area contributed by atoms with Gasteiger partial charge < -0.3 is 14.6 Å². The first-order valence-electron chi connectivity index (χ1n) is 12.3. The standard InChI is InChI=1S/C29H27F4NO4/c30-24-15-23(27(35)36)26(38-18-20-7-3-1-4-8-20)16-25(24)34(28(37)29(31,32)33)17-19-11-13-22(14-12-19)21-9-5-2-6-10-21/h1,3-4,7-8,11-16,21H,2,5-6,9-10,17-18H2,(H,35,36)/p-1. The van der Waals surface area contributed by atoms with Crippen molar-refractivity contribution in [2.24, 2.45) is 0 Å². The largest absolute Gasteiger partial charge is 0.545 e. The number of anilines is 1. The lowest BCUT2D eigenvalue weighted by molar-refractivity contribution is -0.255. The summed E-state index contributed by atoms with van der Waals surface area (Å²) in [5.41, 5.74) is 0.639. The van der Waals surface area contributed by atoms with E-state index in [-0.39, 0.29) is 11.5 Å². The van der Waals surface area contributed by atoms with Gasteiger partial charge >= 0.3 is 12.1 Å². The van der Waals surface area contributed by atoms with Crippen LogP contribution in [-0.2, 0) is 17.9 Å². The molecule has 1 fully saturated rings. The summed E-state index contributed by atoms with van der Waals surface area (Å²) in [6.07, 6.45) is 0.209. The number of nitrogens with zero attached hydrogens (tertiary/aromatic N) is 1. The summed E-state index contributed by atoms with van der Waals surface area (Å²) in [6.45, 7) is -0.717. The van der Waals surface area contributed by atoms with Gasteiger partial charge in [0.1, 0.15) is 18.2 Å². The van der Waals surface area contributed by atoms with E-state index in [0.717, 1.165) is 37.3 Å². The molecule has 0 N–H and O–H groups in total. The molecule has 200 valence electrons. The summed E-state index contributed by atoms with van der Waals surface area (Å²) < 4.78 is 61.2. The molecule has 0 aliphatic heterocycles. The third kappa shape index (κ3) is 6.51. The van der Waals surface area contributed by atoms with Crippen LogP contribution in [-0.4, -0.2) is 18.1 Å². The zero-order chi connectivity index (χ0) is 27.3. The molecule has 0 unspecified atom stereocenters. The van der Waals surface area contributed by atoms with Gasteiger partial charge in [0.05, 0.1) is 18.2 Å². The number of rotatable bonds is 8. The predicted octanol–water partition coefficient (Wildman–Crippen LogP) is 5.91. The van der Waals surface area contributed by atoms with Crippen LogP contribution in [0.25, 0.3) is 0 Å². The Morgan fingerprint density at radius 3 is 2.18 bits per heavy atom.